The molecule has 0 N–H and O–H groups in total. The average Bonchev–Trinajstić information content (AvgIpc) is 2.12. The fraction of sp³-hybridized carbons (Fsp3) is 0.333. The van der Waals surface area contributed by atoms with Crippen molar-refractivity contribution < 1.29 is 4.74 Å². The molecule has 0 aliphatic carbocycles. The molecular formula is C12H16O. The lowest BCUT2D eigenvalue weighted by atomic mass is 10.0. The molecule has 0 fully saturated rings. The standard InChI is InChI=1S/C12H16O/c1-5-6-11-9(2)7-8-12(13-4)10(11)3/h5-8H,1-4H3/b6-5-. The molecule has 0 aliphatic heterocycles. The summed E-state index contributed by atoms with van der Waals surface area (Å²) in [5.74, 6) is 0.957. The summed E-state index contributed by atoms with van der Waals surface area (Å²) in [6.45, 7) is 6.22. The molecule has 0 aliphatic rings. The van der Waals surface area contributed by atoms with E-state index in [0.717, 1.165) is 5.75 Å². The summed E-state index contributed by atoms with van der Waals surface area (Å²) in [5.41, 5.74) is 3.76. The largest absolute Gasteiger partial charge is 0.496 e. The van der Waals surface area contributed by atoms with Crippen molar-refractivity contribution in [2.45, 2.75) is 20.8 Å². The number of hydrogen-bond donors (Lipinski definition) is 0. The zero-order valence-corrected chi connectivity index (χ0v) is 8.72. The minimum Gasteiger partial charge on any atom is -0.496 e. The van der Waals surface area contributed by atoms with Gasteiger partial charge in [-0.05, 0) is 43.5 Å². The second-order valence-electron chi connectivity index (χ2n) is 3.12. The number of ether oxygens (including phenoxy) is 1. The Hall–Kier alpha value is -1.24. The summed E-state index contributed by atoms with van der Waals surface area (Å²) >= 11 is 0. The molecule has 0 aromatic heterocycles. The summed E-state index contributed by atoms with van der Waals surface area (Å²) in [6.07, 6.45) is 4.17. The summed E-state index contributed by atoms with van der Waals surface area (Å²) in [6, 6.07) is 4.10. The van der Waals surface area contributed by atoms with Crippen LogP contribution in [0, 0.1) is 13.8 Å². The highest BCUT2D eigenvalue weighted by Crippen LogP contribution is 2.25. The van der Waals surface area contributed by atoms with Crippen molar-refractivity contribution in [1.29, 1.82) is 0 Å². The van der Waals surface area contributed by atoms with E-state index in [1.807, 2.05) is 13.0 Å². The topological polar surface area (TPSA) is 9.23 Å². The molecule has 1 aromatic carbocycles. The Bertz CT molecular complexity index is 324. The average molecular weight is 176 g/mol. The smallest absolute Gasteiger partial charge is 0.122 e. The van der Waals surface area contributed by atoms with E-state index in [4.69, 9.17) is 4.74 Å². The van der Waals surface area contributed by atoms with Crippen molar-refractivity contribution in [2.24, 2.45) is 0 Å². The van der Waals surface area contributed by atoms with Crippen LogP contribution < -0.4 is 4.74 Å². The van der Waals surface area contributed by atoms with Crippen LogP contribution in [-0.2, 0) is 0 Å². The third-order valence-electron chi connectivity index (χ3n) is 2.24. The number of rotatable bonds is 2. The fourth-order valence-electron chi connectivity index (χ4n) is 1.49. The summed E-state index contributed by atoms with van der Waals surface area (Å²) in [5, 5.41) is 0. The summed E-state index contributed by atoms with van der Waals surface area (Å²) < 4.78 is 5.25. The van der Waals surface area contributed by atoms with Gasteiger partial charge in [0, 0.05) is 0 Å². The van der Waals surface area contributed by atoms with Gasteiger partial charge in [0.25, 0.3) is 0 Å². The van der Waals surface area contributed by atoms with E-state index < -0.39 is 0 Å². The Labute approximate surface area is 80.0 Å². The van der Waals surface area contributed by atoms with Gasteiger partial charge in [0.2, 0.25) is 0 Å². The van der Waals surface area contributed by atoms with Crippen molar-refractivity contribution in [2.75, 3.05) is 7.11 Å². The van der Waals surface area contributed by atoms with Crippen LogP contribution >= 0.6 is 0 Å². The quantitative estimate of drug-likeness (QED) is 0.671. The van der Waals surface area contributed by atoms with E-state index in [2.05, 4.69) is 32.1 Å². The molecular weight excluding hydrogens is 160 g/mol. The first-order valence-electron chi connectivity index (χ1n) is 4.47. The van der Waals surface area contributed by atoms with Crippen LogP contribution in [-0.4, -0.2) is 7.11 Å². The first kappa shape index (κ1) is 9.85. The molecule has 1 rings (SSSR count). The van der Waals surface area contributed by atoms with Gasteiger partial charge in [0.15, 0.2) is 0 Å². The van der Waals surface area contributed by atoms with Crippen LogP contribution in [0.5, 0.6) is 5.75 Å². The SMILES string of the molecule is C/C=C\c1c(C)ccc(OC)c1C. The van der Waals surface area contributed by atoms with Gasteiger partial charge in [-0.25, -0.2) is 0 Å². The second-order valence-corrected chi connectivity index (χ2v) is 3.12. The van der Waals surface area contributed by atoms with E-state index in [1.54, 1.807) is 7.11 Å². The molecule has 13 heavy (non-hydrogen) atoms. The molecule has 0 saturated heterocycles. The lowest BCUT2D eigenvalue weighted by molar-refractivity contribution is 0.411. The van der Waals surface area contributed by atoms with Crippen molar-refractivity contribution in [3.05, 3.63) is 34.9 Å². The maximum absolute atomic E-state index is 5.25. The predicted molar refractivity (Wildman–Crippen MR) is 57.2 cm³/mol. The molecule has 1 nitrogen and oxygen atoms in total. The van der Waals surface area contributed by atoms with Crippen LogP contribution in [0.4, 0.5) is 0 Å². The molecule has 0 bridgehead atoms. The van der Waals surface area contributed by atoms with Gasteiger partial charge in [-0.1, -0.05) is 18.2 Å². The lowest BCUT2D eigenvalue weighted by Crippen LogP contribution is -1.92. The van der Waals surface area contributed by atoms with Gasteiger partial charge in [-0.2, -0.15) is 0 Å². The number of hydrogen-bond acceptors (Lipinski definition) is 1. The number of methoxy groups -OCH3 is 1. The van der Waals surface area contributed by atoms with Crippen molar-refractivity contribution in [3.8, 4) is 5.75 Å². The highest BCUT2D eigenvalue weighted by Gasteiger charge is 2.03. The molecule has 0 spiro atoms. The number of allylic oxidation sites excluding steroid dienone is 1. The van der Waals surface area contributed by atoms with E-state index in [-0.39, 0.29) is 0 Å². The maximum atomic E-state index is 5.25. The minimum atomic E-state index is 0.957. The van der Waals surface area contributed by atoms with Crippen LogP contribution in [0.1, 0.15) is 23.6 Å². The predicted octanol–water partition coefficient (Wildman–Crippen LogP) is 3.35. The first-order valence-corrected chi connectivity index (χ1v) is 4.47. The van der Waals surface area contributed by atoms with Gasteiger partial charge in [0.1, 0.15) is 5.75 Å². The number of benzene rings is 1. The third kappa shape index (κ3) is 1.92. The molecule has 0 amide bonds. The Morgan fingerprint density at radius 3 is 2.46 bits per heavy atom. The van der Waals surface area contributed by atoms with Crippen LogP contribution in [0.3, 0.4) is 0 Å². The Balaban J connectivity index is 3.29. The van der Waals surface area contributed by atoms with Crippen LogP contribution in [0.15, 0.2) is 18.2 Å². The van der Waals surface area contributed by atoms with Gasteiger partial charge >= 0.3 is 0 Å². The van der Waals surface area contributed by atoms with E-state index in [0.29, 0.717) is 0 Å². The Kier molecular flexibility index (Phi) is 3.13. The minimum absolute atomic E-state index is 0.957. The second kappa shape index (κ2) is 4.13. The highest BCUT2D eigenvalue weighted by atomic mass is 16.5. The molecule has 0 heterocycles. The molecule has 1 aromatic rings. The fourth-order valence-corrected chi connectivity index (χ4v) is 1.49. The summed E-state index contributed by atoms with van der Waals surface area (Å²) in [7, 11) is 1.71. The Morgan fingerprint density at radius 2 is 1.92 bits per heavy atom. The van der Waals surface area contributed by atoms with Crippen LogP contribution in [0.25, 0.3) is 6.08 Å². The van der Waals surface area contributed by atoms with Gasteiger partial charge in [-0.3, -0.25) is 0 Å². The monoisotopic (exact) mass is 176 g/mol. The van der Waals surface area contributed by atoms with Gasteiger partial charge in [0.05, 0.1) is 7.11 Å². The van der Waals surface area contributed by atoms with E-state index in [9.17, 15) is 0 Å². The first-order chi connectivity index (χ1) is 6.20. The van der Waals surface area contributed by atoms with Crippen LogP contribution in [0.2, 0.25) is 0 Å². The highest BCUT2D eigenvalue weighted by molar-refractivity contribution is 5.61. The third-order valence-corrected chi connectivity index (χ3v) is 2.24. The molecule has 0 saturated carbocycles. The Morgan fingerprint density at radius 1 is 1.23 bits per heavy atom. The summed E-state index contributed by atoms with van der Waals surface area (Å²) in [4.78, 5) is 0. The molecule has 0 atom stereocenters. The zero-order valence-electron chi connectivity index (χ0n) is 8.72. The maximum Gasteiger partial charge on any atom is 0.122 e. The molecule has 0 radical (unpaired) electrons. The normalized spacial score (nSPS) is 10.8. The van der Waals surface area contributed by atoms with Crippen molar-refractivity contribution in [1.82, 2.24) is 0 Å². The lowest BCUT2D eigenvalue weighted by Gasteiger charge is -2.09. The van der Waals surface area contributed by atoms with Crippen molar-refractivity contribution in [3.63, 3.8) is 0 Å². The van der Waals surface area contributed by atoms with Gasteiger partial charge in [-0.15, -0.1) is 0 Å². The zero-order chi connectivity index (χ0) is 9.84. The number of aryl methyl sites for hydroxylation is 1. The van der Waals surface area contributed by atoms with E-state index >= 15 is 0 Å². The van der Waals surface area contributed by atoms with Crippen molar-refractivity contribution >= 4 is 6.08 Å². The van der Waals surface area contributed by atoms with E-state index in [1.165, 1.54) is 16.7 Å². The van der Waals surface area contributed by atoms with Gasteiger partial charge < -0.3 is 4.74 Å². The molecule has 70 valence electrons. The molecule has 0 unspecified atom stereocenters. The molecule has 1 heteroatoms.